The highest BCUT2D eigenvalue weighted by molar-refractivity contribution is 6.34. The van der Waals surface area contributed by atoms with Crippen LogP contribution in [0.3, 0.4) is 0 Å². The number of hydrogen-bond donors (Lipinski definition) is 1. The number of imidazole rings is 1. The maximum atomic E-state index is 11.9. The summed E-state index contributed by atoms with van der Waals surface area (Å²) in [6.45, 7) is 3.89. The molecule has 6 heteroatoms. The second-order valence-electron chi connectivity index (χ2n) is 6.78. The smallest absolute Gasteiger partial charge is 0.338 e. The van der Waals surface area contributed by atoms with Crippen LogP contribution >= 0.6 is 11.6 Å². The van der Waals surface area contributed by atoms with Gasteiger partial charge in [-0.25, -0.2) is 4.79 Å². The fourth-order valence-electron chi connectivity index (χ4n) is 3.24. The van der Waals surface area contributed by atoms with Gasteiger partial charge in [0.25, 0.3) is 6.01 Å². The van der Waals surface area contributed by atoms with Crippen molar-refractivity contribution in [1.29, 1.82) is 0 Å². The highest BCUT2D eigenvalue weighted by Gasteiger charge is 2.14. The molecule has 1 N–H and O–H groups in total. The molecule has 0 spiro atoms. The lowest BCUT2D eigenvalue weighted by molar-refractivity contribution is 0.0599. The molecule has 0 unspecified atom stereocenters. The second-order valence-corrected chi connectivity index (χ2v) is 7.18. The molecule has 0 amide bonds. The van der Waals surface area contributed by atoms with Gasteiger partial charge in [0.2, 0.25) is 0 Å². The van der Waals surface area contributed by atoms with Gasteiger partial charge in [-0.3, -0.25) is 0 Å². The summed E-state index contributed by atoms with van der Waals surface area (Å²) in [5, 5.41) is 0.630. The molecule has 0 radical (unpaired) electrons. The van der Waals surface area contributed by atoms with Crippen molar-refractivity contribution >= 4 is 28.6 Å². The molecule has 0 saturated carbocycles. The molecular weight excluding hydrogens is 388 g/mol. The van der Waals surface area contributed by atoms with Gasteiger partial charge in [0.05, 0.1) is 28.7 Å². The number of methoxy groups -OCH3 is 1. The first kappa shape index (κ1) is 19.0. The first-order valence-electron chi connectivity index (χ1n) is 9.08. The Morgan fingerprint density at radius 2 is 1.79 bits per heavy atom. The molecule has 0 aliphatic heterocycles. The largest absolute Gasteiger partial charge is 0.465 e. The van der Waals surface area contributed by atoms with Crippen molar-refractivity contribution in [3.8, 4) is 22.9 Å². The molecule has 3 aromatic carbocycles. The van der Waals surface area contributed by atoms with E-state index < -0.39 is 5.97 Å². The summed E-state index contributed by atoms with van der Waals surface area (Å²) in [7, 11) is 1.35. The second kappa shape index (κ2) is 7.60. The van der Waals surface area contributed by atoms with Crippen LogP contribution in [0.4, 0.5) is 0 Å². The molecule has 29 heavy (non-hydrogen) atoms. The van der Waals surface area contributed by atoms with E-state index >= 15 is 0 Å². The number of fused-ring (bicyclic) bond motifs is 1. The molecule has 0 saturated heterocycles. The van der Waals surface area contributed by atoms with Gasteiger partial charge in [-0.05, 0) is 54.8 Å². The highest BCUT2D eigenvalue weighted by atomic mass is 35.5. The number of hydrogen-bond acceptors (Lipinski definition) is 4. The van der Waals surface area contributed by atoms with Crippen LogP contribution in [0.2, 0.25) is 5.02 Å². The summed E-state index contributed by atoms with van der Waals surface area (Å²) < 4.78 is 10.7. The van der Waals surface area contributed by atoms with Crippen LogP contribution in [0, 0.1) is 13.8 Å². The van der Waals surface area contributed by atoms with Gasteiger partial charge < -0.3 is 14.5 Å². The number of H-pyrrole nitrogens is 1. The Morgan fingerprint density at radius 1 is 1.00 bits per heavy atom. The summed E-state index contributed by atoms with van der Waals surface area (Å²) in [4.78, 5) is 19.6. The number of halogens is 1. The number of nitrogens with one attached hydrogen (secondary N) is 1. The average molecular weight is 407 g/mol. The minimum Gasteiger partial charge on any atom is -0.465 e. The van der Waals surface area contributed by atoms with E-state index in [0.29, 0.717) is 22.3 Å². The number of nitrogens with zero attached hydrogens (tertiary/aromatic N) is 1. The SMILES string of the molecule is COC(=O)c1cc(Oc2nc3cc(-c4ccccc4C)c(Cl)cc3[nH]2)ccc1C. The minimum atomic E-state index is -0.410. The summed E-state index contributed by atoms with van der Waals surface area (Å²) in [5.74, 6) is 0.0764. The normalized spacial score (nSPS) is 10.9. The zero-order chi connectivity index (χ0) is 20.5. The van der Waals surface area contributed by atoms with E-state index in [0.717, 1.165) is 33.3 Å². The van der Waals surface area contributed by atoms with E-state index in [4.69, 9.17) is 21.1 Å². The molecule has 146 valence electrons. The Balaban J connectivity index is 1.70. The van der Waals surface area contributed by atoms with Gasteiger partial charge in [-0.2, -0.15) is 4.98 Å². The number of ether oxygens (including phenoxy) is 2. The number of carbonyl (C=O) groups is 1. The maximum Gasteiger partial charge on any atom is 0.338 e. The number of rotatable bonds is 4. The van der Waals surface area contributed by atoms with Gasteiger partial charge in [0, 0.05) is 5.56 Å². The molecule has 0 atom stereocenters. The lowest BCUT2D eigenvalue weighted by Gasteiger charge is -2.07. The van der Waals surface area contributed by atoms with E-state index in [1.54, 1.807) is 18.2 Å². The zero-order valence-electron chi connectivity index (χ0n) is 16.2. The van der Waals surface area contributed by atoms with E-state index in [2.05, 4.69) is 9.97 Å². The van der Waals surface area contributed by atoms with Crippen molar-refractivity contribution in [3.63, 3.8) is 0 Å². The monoisotopic (exact) mass is 406 g/mol. The lowest BCUT2D eigenvalue weighted by atomic mass is 10.0. The molecule has 0 bridgehead atoms. The molecule has 5 nitrogen and oxygen atoms in total. The minimum absolute atomic E-state index is 0.317. The molecular formula is C23H19ClN2O3. The summed E-state index contributed by atoms with van der Waals surface area (Å²) in [6.07, 6.45) is 0. The lowest BCUT2D eigenvalue weighted by Crippen LogP contribution is -2.04. The van der Waals surface area contributed by atoms with E-state index in [-0.39, 0.29) is 0 Å². The van der Waals surface area contributed by atoms with Crippen LogP contribution < -0.4 is 4.74 Å². The Kier molecular flexibility index (Phi) is 4.99. The average Bonchev–Trinajstić information content (AvgIpc) is 3.09. The number of esters is 1. The fraction of sp³-hybridized carbons (Fsp3) is 0.130. The third-order valence-electron chi connectivity index (χ3n) is 4.81. The maximum absolute atomic E-state index is 11.9. The van der Waals surface area contributed by atoms with Gasteiger partial charge >= 0.3 is 5.97 Å². The fourth-order valence-corrected chi connectivity index (χ4v) is 3.51. The molecule has 0 fully saturated rings. The van der Waals surface area contributed by atoms with Crippen LogP contribution in [0.1, 0.15) is 21.5 Å². The van der Waals surface area contributed by atoms with Crippen LogP contribution in [-0.4, -0.2) is 23.0 Å². The number of carbonyl (C=O) groups excluding carboxylic acids is 1. The van der Waals surface area contributed by atoms with E-state index in [9.17, 15) is 4.79 Å². The molecule has 1 heterocycles. The molecule has 1 aromatic heterocycles. The number of benzene rings is 3. The van der Waals surface area contributed by atoms with Crippen molar-refractivity contribution < 1.29 is 14.3 Å². The van der Waals surface area contributed by atoms with Crippen molar-refractivity contribution in [2.24, 2.45) is 0 Å². The highest BCUT2D eigenvalue weighted by Crippen LogP contribution is 2.34. The first-order chi connectivity index (χ1) is 14.0. The number of aromatic amines is 1. The Bertz CT molecular complexity index is 1230. The van der Waals surface area contributed by atoms with Crippen LogP contribution in [-0.2, 0) is 4.74 Å². The van der Waals surface area contributed by atoms with Gasteiger partial charge in [-0.1, -0.05) is 41.9 Å². The number of aromatic nitrogens is 2. The summed E-state index contributed by atoms with van der Waals surface area (Å²) in [5.41, 5.74) is 5.88. The van der Waals surface area contributed by atoms with Crippen molar-refractivity contribution in [3.05, 3.63) is 76.3 Å². The van der Waals surface area contributed by atoms with Gasteiger partial charge in [0.1, 0.15) is 5.75 Å². The number of aryl methyl sites for hydroxylation is 2. The molecule has 4 rings (SSSR count). The quantitative estimate of drug-likeness (QED) is 0.417. The summed E-state index contributed by atoms with van der Waals surface area (Å²) in [6, 6.07) is 17.4. The first-order valence-corrected chi connectivity index (χ1v) is 9.46. The van der Waals surface area contributed by atoms with Crippen LogP contribution in [0.25, 0.3) is 22.2 Å². The third kappa shape index (κ3) is 3.69. The standard InChI is InChI=1S/C23H19ClN2O3/c1-13-6-4-5-7-16(13)18-11-20-21(12-19(18)24)26-23(25-20)29-15-9-8-14(2)17(10-15)22(27)28-3/h4-12H,1-3H3,(H,25,26). The van der Waals surface area contributed by atoms with Crippen molar-refractivity contribution in [2.45, 2.75) is 13.8 Å². The zero-order valence-corrected chi connectivity index (χ0v) is 17.0. The van der Waals surface area contributed by atoms with Gasteiger partial charge in [-0.15, -0.1) is 0 Å². The predicted octanol–water partition coefficient (Wildman–Crippen LogP) is 6.08. The molecule has 0 aliphatic rings. The molecule has 4 aromatic rings. The van der Waals surface area contributed by atoms with E-state index in [1.165, 1.54) is 7.11 Å². The Morgan fingerprint density at radius 3 is 2.55 bits per heavy atom. The van der Waals surface area contributed by atoms with Crippen molar-refractivity contribution in [2.75, 3.05) is 7.11 Å². The predicted molar refractivity (Wildman–Crippen MR) is 114 cm³/mol. The third-order valence-corrected chi connectivity index (χ3v) is 5.13. The molecule has 0 aliphatic carbocycles. The summed E-state index contributed by atoms with van der Waals surface area (Å²) >= 11 is 6.53. The Hall–Kier alpha value is -3.31. The van der Waals surface area contributed by atoms with Crippen LogP contribution in [0.5, 0.6) is 11.8 Å². The van der Waals surface area contributed by atoms with Crippen molar-refractivity contribution in [1.82, 2.24) is 9.97 Å². The van der Waals surface area contributed by atoms with E-state index in [1.807, 2.05) is 50.2 Å². The van der Waals surface area contributed by atoms with Gasteiger partial charge in [0.15, 0.2) is 0 Å². The Labute approximate surface area is 173 Å². The topological polar surface area (TPSA) is 64.2 Å². The van der Waals surface area contributed by atoms with Crippen LogP contribution in [0.15, 0.2) is 54.6 Å².